The van der Waals surface area contributed by atoms with Crippen LogP contribution in [-0.2, 0) is 26.0 Å². The van der Waals surface area contributed by atoms with Crippen molar-refractivity contribution < 1.29 is 22.7 Å². The second kappa shape index (κ2) is 12.5. The summed E-state index contributed by atoms with van der Waals surface area (Å²) in [5.74, 6) is 0.494. The molecule has 2 aromatic rings. The third-order valence-corrected chi connectivity index (χ3v) is 7.14. The lowest BCUT2D eigenvalue weighted by molar-refractivity contribution is -0.140. The molecule has 0 aliphatic heterocycles. The van der Waals surface area contributed by atoms with Gasteiger partial charge in [-0.1, -0.05) is 43.7 Å². The van der Waals surface area contributed by atoms with Crippen LogP contribution >= 0.6 is 0 Å². The highest BCUT2D eigenvalue weighted by molar-refractivity contribution is 7.89. The number of ether oxygens (including phenoxy) is 2. The van der Waals surface area contributed by atoms with Gasteiger partial charge in [0, 0.05) is 19.0 Å². The first-order valence-corrected chi connectivity index (χ1v) is 12.2. The topological polar surface area (TPSA) is 72.9 Å². The number of rotatable bonds is 13. The maximum absolute atomic E-state index is 13.1. The summed E-state index contributed by atoms with van der Waals surface area (Å²) in [6, 6.07) is 16.1. The Labute approximate surface area is 186 Å². The molecule has 0 aliphatic rings. The maximum atomic E-state index is 13.1. The fourth-order valence-electron chi connectivity index (χ4n) is 3.38. The molecular formula is C24H33NO5S. The van der Waals surface area contributed by atoms with E-state index in [1.54, 1.807) is 28.6 Å². The van der Waals surface area contributed by atoms with Crippen molar-refractivity contribution >= 4 is 16.0 Å². The van der Waals surface area contributed by atoms with Crippen LogP contribution < -0.4 is 4.74 Å². The quantitative estimate of drug-likeness (QED) is 0.335. The van der Waals surface area contributed by atoms with Crippen LogP contribution in [0.5, 0.6) is 5.75 Å². The second-order valence-corrected chi connectivity index (χ2v) is 9.38. The van der Waals surface area contributed by atoms with E-state index in [9.17, 15) is 13.2 Å². The van der Waals surface area contributed by atoms with Crippen molar-refractivity contribution in [3.63, 3.8) is 0 Å². The van der Waals surface area contributed by atoms with Crippen LogP contribution in [0.2, 0.25) is 0 Å². The van der Waals surface area contributed by atoms with Gasteiger partial charge >= 0.3 is 5.97 Å². The number of carbonyl (C=O) groups excluding carboxylic acids is 1. The van der Waals surface area contributed by atoms with Crippen molar-refractivity contribution in [2.45, 2.75) is 56.9 Å². The first kappa shape index (κ1) is 24.9. The highest BCUT2D eigenvalue weighted by atomic mass is 32.2. The Bertz CT molecular complexity index is 897. The summed E-state index contributed by atoms with van der Waals surface area (Å²) in [5, 5.41) is 0. The molecule has 2 aromatic carbocycles. The van der Waals surface area contributed by atoms with Crippen LogP contribution in [-0.4, -0.2) is 45.0 Å². The van der Waals surface area contributed by atoms with Gasteiger partial charge in [-0.25, -0.2) is 8.42 Å². The summed E-state index contributed by atoms with van der Waals surface area (Å²) in [6.07, 6.45) is 3.28. The highest BCUT2D eigenvalue weighted by Crippen LogP contribution is 2.21. The molecule has 7 heteroatoms. The van der Waals surface area contributed by atoms with Crippen molar-refractivity contribution in [2.75, 3.05) is 20.3 Å². The molecule has 0 N–H and O–H groups in total. The van der Waals surface area contributed by atoms with Crippen LogP contribution in [0.15, 0.2) is 59.5 Å². The summed E-state index contributed by atoms with van der Waals surface area (Å²) < 4.78 is 38.3. The van der Waals surface area contributed by atoms with Crippen molar-refractivity contribution in [3.8, 4) is 5.75 Å². The third-order valence-electron chi connectivity index (χ3n) is 5.11. The number of methoxy groups -OCH3 is 1. The van der Waals surface area contributed by atoms with Crippen molar-refractivity contribution in [1.82, 2.24) is 4.31 Å². The molecule has 0 heterocycles. The zero-order valence-electron chi connectivity index (χ0n) is 18.6. The largest absolute Gasteiger partial charge is 0.494 e. The van der Waals surface area contributed by atoms with E-state index < -0.39 is 10.0 Å². The molecule has 0 saturated heterocycles. The van der Waals surface area contributed by atoms with Crippen molar-refractivity contribution in [2.24, 2.45) is 0 Å². The molecular weight excluding hydrogens is 414 g/mol. The van der Waals surface area contributed by atoms with Crippen LogP contribution in [0.1, 0.15) is 45.1 Å². The van der Waals surface area contributed by atoms with Gasteiger partial charge in [-0.3, -0.25) is 4.79 Å². The molecule has 0 aromatic heterocycles. The molecule has 0 radical (unpaired) electrons. The summed E-state index contributed by atoms with van der Waals surface area (Å²) in [6.45, 7) is 4.83. The van der Waals surface area contributed by atoms with Gasteiger partial charge < -0.3 is 9.47 Å². The van der Waals surface area contributed by atoms with E-state index >= 15 is 0 Å². The summed E-state index contributed by atoms with van der Waals surface area (Å²) in [5.41, 5.74) is 1.03. The van der Waals surface area contributed by atoms with Crippen LogP contribution in [0.3, 0.4) is 0 Å². The normalized spacial score (nSPS) is 12.5. The van der Waals surface area contributed by atoms with Gasteiger partial charge in [0.25, 0.3) is 0 Å². The molecule has 2 rings (SSSR count). The first-order chi connectivity index (χ1) is 14.9. The SMILES string of the molecule is CCCC(C)N(CCCOc1ccc(CCC(=O)OC)cc1)S(=O)(=O)c1ccccc1. The van der Waals surface area contributed by atoms with Gasteiger partial charge in [0.2, 0.25) is 10.0 Å². The number of carbonyl (C=O) groups is 1. The van der Waals surface area contributed by atoms with Gasteiger partial charge in [-0.15, -0.1) is 0 Å². The highest BCUT2D eigenvalue weighted by Gasteiger charge is 2.28. The maximum Gasteiger partial charge on any atom is 0.305 e. The Hall–Kier alpha value is -2.38. The number of hydrogen-bond donors (Lipinski definition) is 0. The molecule has 0 aliphatic carbocycles. The molecule has 0 saturated carbocycles. The molecule has 31 heavy (non-hydrogen) atoms. The molecule has 1 unspecified atom stereocenters. The Morgan fingerprint density at radius 3 is 2.35 bits per heavy atom. The fraction of sp³-hybridized carbons (Fsp3) is 0.458. The summed E-state index contributed by atoms with van der Waals surface area (Å²) in [7, 11) is -2.17. The van der Waals surface area contributed by atoms with Gasteiger partial charge in [0.15, 0.2) is 0 Å². The number of hydrogen-bond acceptors (Lipinski definition) is 5. The predicted octanol–water partition coefficient (Wildman–Crippen LogP) is 4.44. The lowest BCUT2D eigenvalue weighted by Gasteiger charge is -2.28. The van der Waals surface area contributed by atoms with Crippen molar-refractivity contribution in [1.29, 1.82) is 0 Å². The molecule has 1 atom stereocenters. The number of sulfonamides is 1. The van der Waals surface area contributed by atoms with Gasteiger partial charge in [-0.05, 0) is 56.0 Å². The Balaban J connectivity index is 1.92. The standard InChI is InChI=1S/C24H33NO5S/c1-4-9-20(2)25(31(27,28)23-10-6-5-7-11-23)18-8-19-30-22-15-12-21(13-16-22)14-17-24(26)29-3/h5-7,10-13,15-16,20H,4,8-9,14,17-19H2,1-3H3. The molecule has 0 amide bonds. The molecule has 0 spiro atoms. The van der Waals surface area contributed by atoms with Gasteiger partial charge in [0.05, 0.1) is 18.6 Å². The molecule has 0 bridgehead atoms. The third kappa shape index (κ3) is 7.67. The van der Waals surface area contributed by atoms with Crippen LogP contribution in [0.25, 0.3) is 0 Å². The Morgan fingerprint density at radius 2 is 1.74 bits per heavy atom. The smallest absolute Gasteiger partial charge is 0.305 e. The number of nitrogens with zero attached hydrogens (tertiary/aromatic N) is 1. The molecule has 170 valence electrons. The van der Waals surface area contributed by atoms with Gasteiger partial charge in [0.1, 0.15) is 5.75 Å². The number of esters is 1. The Morgan fingerprint density at radius 1 is 1.06 bits per heavy atom. The van der Waals surface area contributed by atoms with Crippen LogP contribution in [0.4, 0.5) is 0 Å². The summed E-state index contributed by atoms with van der Waals surface area (Å²) >= 11 is 0. The molecule has 6 nitrogen and oxygen atoms in total. The lowest BCUT2D eigenvalue weighted by Crippen LogP contribution is -2.39. The molecule has 0 fully saturated rings. The van der Waals surface area contributed by atoms with E-state index in [-0.39, 0.29) is 12.0 Å². The van der Waals surface area contributed by atoms with E-state index in [0.29, 0.717) is 37.3 Å². The minimum absolute atomic E-state index is 0.0794. The zero-order valence-corrected chi connectivity index (χ0v) is 19.4. The average Bonchev–Trinajstić information content (AvgIpc) is 2.78. The minimum Gasteiger partial charge on any atom is -0.494 e. The average molecular weight is 448 g/mol. The zero-order chi connectivity index (χ0) is 22.7. The van der Waals surface area contributed by atoms with E-state index in [2.05, 4.69) is 11.7 Å². The summed E-state index contributed by atoms with van der Waals surface area (Å²) in [4.78, 5) is 11.6. The minimum atomic E-state index is -3.55. The van der Waals surface area contributed by atoms with Crippen LogP contribution in [0, 0.1) is 0 Å². The predicted molar refractivity (Wildman–Crippen MR) is 122 cm³/mol. The lowest BCUT2D eigenvalue weighted by atomic mass is 10.1. The fourth-order valence-corrected chi connectivity index (χ4v) is 5.10. The van der Waals surface area contributed by atoms with E-state index in [1.807, 2.05) is 37.3 Å². The first-order valence-electron chi connectivity index (χ1n) is 10.7. The van der Waals surface area contributed by atoms with Crippen molar-refractivity contribution in [3.05, 3.63) is 60.2 Å². The van der Waals surface area contributed by atoms with E-state index in [0.717, 1.165) is 24.2 Å². The van der Waals surface area contributed by atoms with E-state index in [1.165, 1.54) is 7.11 Å². The van der Waals surface area contributed by atoms with E-state index in [4.69, 9.17) is 4.74 Å². The Kier molecular flexibility index (Phi) is 10.0. The number of benzene rings is 2. The second-order valence-electron chi connectivity index (χ2n) is 7.49. The van der Waals surface area contributed by atoms with Gasteiger partial charge in [-0.2, -0.15) is 4.31 Å². The monoisotopic (exact) mass is 447 g/mol. The number of aryl methyl sites for hydroxylation is 1.